The van der Waals surface area contributed by atoms with E-state index in [2.05, 4.69) is 0 Å². The van der Waals surface area contributed by atoms with Crippen molar-refractivity contribution in [1.29, 1.82) is 0 Å². The van der Waals surface area contributed by atoms with Crippen molar-refractivity contribution in [3.63, 3.8) is 0 Å². The van der Waals surface area contributed by atoms with E-state index < -0.39 is 27.0 Å². The van der Waals surface area contributed by atoms with E-state index in [0.717, 1.165) is 24.6 Å². The Morgan fingerprint density at radius 2 is 1.91 bits per heavy atom. The summed E-state index contributed by atoms with van der Waals surface area (Å²) in [5.74, 6) is -2.29. The Bertz CT molecular complexity index is 676. The molecular formula is C14H19CsO7S. The number of carbonyl (C=O) groups excluding carboxylic acids is 1. The zero-order chi connectivity index (χ0) is 16.9. The fraction of sp³-hybridized carbons (Fsp3) is 0.429. The third-order valence-corrected chi connectivity index (χ3v) is 3.96. The topological polar surface area (TPSA) is 118 Å². The normalized spacial score (nSPS) is 12.1. The number of benzene rings is 1. The molecule has 2 N–H and O–H groups in total. The number of aromatic carboxylic acids is 1. The van der Waals surface area contributed by atoms with Crippen molar-refractivity contribution < 1.29 is 103 Å². The van der Waals surface area contributed by atoms with Crippen molar-refractivity contribution in [2.75, 3.05) is 0 Å². The Hall–Kier alpha value is 0.122. The number of carboxylic acid groups (broad SMARTS) is 1. The van der Waals surface area contributed by atoms with Gasteiger partial charge in [-0.2, -0.15) is 8.42 Å². The Kier molecular flexibility index (Phi) is 10.2. The predicted molar refractivity (Wildman–Crippen MR) is 78.7 cm³/mol. The summed E-state index contributed by atoms with van der Waals surface area (Å²) < 4.78 is 37.1. The number of hydrogen-bond donors (Lipinski definition) is 2. The van der Waals surface area contributed by atoms with E-state index in [1.807, 2.05) is 13.8 Å². The second-order valence-electron chi connectivity index (χ2n) is 4.72. The number of esters is 1. The van der Waals surface area contributed by atoms with E-state index in [4.69, 9.17) is 9.84 Å². The number of rotatable bonds is 7. The Balaban J connectivity index is 0. The van der Waals surface area contributed by atoms with Crippen molar-refractivity contribution in [3.8, 4) is 0 Å². The van der Waals surface area contributed by atoms with E-state index in [-0.39, 0.29) is 87.6 Å². The average molecular weight is 464 g/mol. The summed E-state index contributed by atoms with van der Waals surface area (Å²) in [4.78, 5) is 22.2. The van der Waals surface area contributed by atoms with Gasteiger partial charge in [0.15, 0.2) is 0 Å². The van der Waals surface area contributed by atoms with Crippen LogP contribution in [0.3, 0.4) is 0 Å². The first-order chi connectivity index (χ1) is 10.2. The van der Waals surface area contributed by atoms with Crippen LogP contribution in [0.25, 0.3) is 0 Å². The molecule has 1 aromatic rings. The first-order valence-corrected chi connectivity index (χ1v) is 8.20. The maximum Gasteiger partial charge on any atom is 1.00 e. The van der Waals surface area contributed by atoms with Crippen LogP contribution in [0.2, 0.25) is 0 Å². The van der Waals surface area contributed by atoms with Gasteiger partial charge >= 0.3 is 80.8 Å². The molecule has 1 aromatic carbocycles. The van der Waals surface area contributed by atoms with E-state index in [0.29, 0.717) is 12.8 Å². The molecular weight excluding hydrogens is 445 g/mol. The van der Waals surface area contributed by atoms with Gasteiger partial charge in [-0.05, 0) is 31.0 Å². The number of carboxylic acids is 1. The summed E-state index contributed by atoms with van der Waals surface area (Å²) in [6.45, 7) is 3.74. The molecule has 1 rings (SSSR count). The maximum absolute atomic E-state index is 12.1. The molecule has 0 radical (unpaired) electrons. The fourth-order valence-corrected chi connectivity index (χ4v) is 2.63. The molecule has 23 heavy (non-hydrogen) atoms. The zero-order valence-electron chi connectivity index (χ0n) is 14.3. The van der Waals surface area contributed by atoms with Crippen LogP contribution in [0.1, 0.15) is 55.3 Å². The molecule has 7 nitrogen and oxygen atoms in total. The molecule has 1 unspecified atom stereocenters. The van der Waals surface area contributed by atoms with Crippen LogP contribution in [-0.2, 0) is 14.9 Å². The Morgan fingerprint density at radius 1 is 1.30 bits per heavy atom. The summed E-state index contributed by atoms with van der Waals surface area (Å²) in [7, 11) is -4.75. The first-order valence-electron chi connectivity index (χ1n) is 6.76. The molecule has 0 amide bonds. The molecule has 0 aliphatic rings. The molecule has 0 fully saturated rings. The summed E-state index contributed by atoms with van der Waals surface area (Å²) in [6, 6.07) is 2.83. The number of hydrogen-bond acceptors (Lipinski definition) is 5. The van der Waals surface area contributed by atoms with Gasteiger partial charge in [0.2, 0.25) is 0 Å². The van der Waals surface area contributed by atoms with Gasteiger partial charge in [0.05, 0.1) is 11.1 Å². The first kappa shape index (κ1) is 23.1. The molecule has 0 bridgehead atoms. The van der Waals surface area contributed by atoms with Crippen LogP contribution in [0.15, 0.2) is 23.1 Å². The van der Waals surface area contributed by atoms with Crippen LogP contribution < -0.4 is 68.9 Å². The summed E-state index contributed by atoms with van der Waals surface area (Å²) >= 11 is 0. The average Bonchev–Trinajstić information content (AvgIpc) is 2.44. The number of ether oxygens (including phenoxy) is 1. The minimum atomic E-state index is -4.75. The van der Waals surface area contributed by atoms with Crippen molar-refractivity contribution in [2.24, 2.45) is 0 Å². The van der Waals surface area contributed by atoms with Crippen LogP contribution in [0, 0.1) is 0 Å². The summed E-state index contributed by atoms with van der Waals surface area (Å²) in [5.41, 5.74) is -0.744. The second-order valence-corrected chi connectivity index (χ2v) is 6.11. The zero-order valence-corrected chi connectivity index (χ0v) is 20.4. The SMILES string of the molecule is CCCC(CC)OC(=O)c1ccc(C(=O)O)cc1S(=O)(=O)O.[Cs+].[H-]. The third-order valence-electron chi connectivity index (χ3n) is 3.07. The van der Waals surface area contributed by atoms with Gasteiger partial charge in [0.1, 0.15) is 11.0 Å². The fourth-order valence-electron chi connectivity index (χ4n) is 1.92. The minimum absolute atomic E-state index is 0. The third kappa shape index (κ3) is 6.86. The van der Waals surface area contributed by atoms with E-state index >= 15 is 0 Å². The van der Waals surface area contributed by atoms with Gasteiger partial charge in [0, 0.05) is 0 Å². The van der Waals surface area contributed by atoms with E-state index in [1.54, 1.807) is 0 Å². The van der Waals surface area contributed by atoms with Gasteiger partial charge in [-0.3, -0.25) is 4.55 Å². The van der Waals surface area contributed by atoms with E-state index in [1.165, 1.54) is 0 Å². The Labute approximate surface area is 195 Å². The van der Waals surface area contributed by atoms with Gasteiger partial charge < -0.3 is 11.3 Å². The van der Waals surface area contributed by atoms with Crippen LogP contribution in [0.4, 0.5) is 0 Å². The molecule has 0 aliphatic carbocycles. The minimum Gasteiger partial charge on any atom is -1.00 e. The Morgan fingerprint density at radius 3 is 2.35 bits per heavy atom. The van der Waals surface area contributed by atoms with Crippen molar-refractivity contribution in [3.05, 3.63) is 29.3 Å². The second kappa shape index (κ2) is 10.2. The maximum atomic E-state index is 12.1. The summed E-state index contributed by atoms with van der Waals surface area (Å²) in [5, 5.41) is 8.87. The van der Waals surface area contributed by atoms with Crippen LogP contribution >= 0.6 is 0 Å². The van der Waals surface area contributed by atoms with Gasteiger partial charge in [-0.15, -0.1) is 0 Å². The van der Waals surface area contributed by atoms with Gasteiger partial charge in [-0.1, -0.05) is 20.3 Å². The summed E-state index contributed by atoms with van der Waals surface area (Å²) in [6.07, 6.45) is 1.60. The van der Waals surface area contributed by atoms with Crippen LogP contribution in [0.5, 0.6) is 0 Å². The van der Waals surface area contributed by atoms with Crippen LogP contribution in [-0.4, -0.2) is 36.1 Å². The largest absolute Gasteiger partial charge is 1.00 e. The molecule has 124 valence electrons. The molecule has 0 heterocycles. The molecule has 0 aromatic heterocycles. The molecule has 9 heteroatoms. The standard InChI is InChI=1S/C14H18O7S.Cs.H/c1-3-5-10(4-2)21-14(17)11-7-6-9(13(15)16)8-12(11)22(18,19)20;;/h6-8,10H,3-5H2,1-2H3,(H,15,16)(H,18,19,20);;/q;+1;-1. The molecule has 0 spiro atoms. The molecule has 0 saturated carbocycles. The molecule has 0 saturated heterocycles. The molecule has 1 atom stereocenters. The van der Waals surface area contributed by atoms with E-state index in [9.17, 15) is 22.6 Å². The smallest absolute Gasteiger partial charge is 1.00 e. The van der Waals surface area contributed by atoms with Gasteiger partial charge in [0.25, 0.3) is 10.1 Å². The van der Waals surface area contributed by atoms with Gasteiger partial charge in [-0.25, -0.2) is 9.59 Å². The number of carbonyl (C=O) groups is 2. The predicted octanol–water partition coefficient (Wildman–Crippen LogP) is -0.516. The monoisotopic (exact) mass is 464 g/mol. The van der Waals surface area contributed by atoms with Crippen molar-refractivity contribution >= 4 is 22.1 Å². The quantitative estimate of drug-likeness (QED) is 0.412. The molecule has 0 aliphatic heterocycles. The van der Waals surface area contributed by atoms with Crippen molar-refractivity contribution in [1.82, 2.24) is 0 Å². The van der Waals surface area contributed by atoms with Crippen molar-refractivity contribution in [2.45, 2.75) is 44.1 Å².